The molecular weight excluding hydrogens is 243 g/mol. The van der Waals surface area contributed by atoms with Crippen LogP contribution in [-0.2, 0) is 4.79 Å². The Hall–Kier alpha value is -1.13. The fraction of sp³-hybridized carbons (Fsp3) is 0.417. The molecule has 0 bridgehead atoms. The number of benzene rings is 1. The monoisotopic (exact) mass is 258 g/mol. The summed E-state index contributed by atoms with van der Waals surface area (Å²) in [6, 6.07) is 4.11. The molecule has 1 aromatic rings. The van der Waals surface area contributed by atoms with Gasteiger partial charge in [0.1, 0.15) is 5.82 Å². The van der Waals surface area contributed by atoms with E-state index in [-0.39, 0.29) is 18.0 Å². The van der Waals surface area contributed by atoms with Crippen LogP contribution < -0.4 is 11.1 Å². The van der Waals surface area contributed by atoms with Crippen LogP contribution in [-0.4, -0.2) is 11.4 Å². The van der Waals surface area contributed by atoms with E-state index in [1.165, 1.54) is 12.1 Å². The number of amides is 1. The van der Waals surface area contributed by atoms with Gasteiger partial charge in [-0.05, 0) is 38.5 Å². The van der Waals surface area contributed by atoms with E-state index in [9.17, 15) is 9.18 Å². The summed E-state index contributed by atoms with van der Waals surface area (Å²) in [6.07, 6.45) is 0.791. The Morgan fingerprint density at radius 2 is 2.18 bits per heavy atom. The fourth-order valence-corrected chi connectivity index (χ4v) is 1.40. The van der Waals surface area contributed by atoms with Crippen LogP contribution in [0.1, 0.15) is 26.7 Å². The summed E-state index contributed by atoms with van der Waals surface area (Å²) >= 11 is 5.61. The van der Waals surface area contributed by atoms with Crippen LogP contribution in [0.3, 0.4) is 0 Å². The lowest BCUT2D eigenvalue weighted by Crippen LogP contribution is -2.33. The highest BCUT2D eigenvalue weighted by atomic mass is 35.5. The lowest BCUT2D eigenvalue weighted by atomic mass is 10.00. The van der Waals surface area contributed by atoms with E-state index in [1.807, 2.05) is 13.8 Å². The molecule has 0 spiro atoms. The third kappa shape index (κ3) is 5.15. The Balaban J connectivity index is 2.57. The van der Waals surface area contributed by atoms with Crippen molar-refractivity contribution in [2.75, 3.05) is 5.32 Å². The van der Waals surface area contributed by atoms with Crippen molar-refractivity contribution in [3.63, 3.8) is 0 Å². The summed E-state index contributed by atoms with van der Waals surface area (Å²) < 4.78 is 13.4. The molecule has 0 fully saturated rings. The Bertz CT molecular complexity index is 415. The van der Waals surface area contributed by atoms with Gasteiger partial charge in [0, 0.05) is 17.0 Å². The number of nitrogens with two attached hydrogens (primary N) is 1. The predicted octanol–water partition coefficient (Wildman–Crippen LogP) is 2.94. The second kappa shape index (κ2) is 5.47. The molecule has 0 atom stereocenters. The standard InChI is InChI=1S/C12H16ClFN2O/c1-12(2,15)6-5-11(17)16-10-4-3-8(13)7-9(10)14/h3-4,7H,5-6,15H2,1-2H3,(H,16,17). The zero-order valence-electron chi connectivity index (χ0n) is 9.89. The van der Waals surface area contributed by atoms with Gasteiger partial charge in [-0.25, -0.2) is 4.39 Å². The van der Waals surface area contributed by atoms with E-state index in [1.54, 1.807) is 0 Å². The number of rotatable bonds is 4. The molecule has 94 valence electrons. The van der Waals surface area contributed by atoms with Gasteiger partial charge in [-0.2, -0.15) is 0 Å². The molecule has 0 radical (unpaired) electrons. The van der Waals surface area contributed by atoms with Crippen LogP contribution in [0.25, 0.3) is 0 Å². The van der Waals surface area contributed by atoms with E-state index >= 15 is 0 Å². The van der Waals surface area contributed by atoms with Crippen molar-refractivity contribution in [1.29, 1.82) is 0 Å². The number of carbonyl (C=O) groups is 1. The van der Waals surface area contributed by atoms with Crippen molar-refractivity contribution >= 4 is 23.2 Å². The fourth-order valence-electron chi connectivity index (χ4n) is 1.24. The lowest BCUT2D eigenvalue weighted by Gasteiger charge is -2.17. The molecule has 0 aliphatic rings. The summed E-state index contributed by atoms with van der Waals surface area (Å²) in [5, 5.41) is 2.78. The molecule has 1 aromatic carbocycles. The Morgan fingerprint density at radius 3 is 2.71 bits per heavy atom. The molecule has 0 saturated carbocycles. The van der Waals surface area contributed by atoms with Crippen LogP contribution in [0, 0.1) is 5.82 Å². The number of halogens is 2. The van der Waals surface area contributed by atoms with Crippen molar-refractivity contribution in [3.05, 3.63) is 29.0 Å². The van der Waals surface area contributed by atoms with Crippen molar-refractivity contribution in [1.82, 2.24) is 0 Å². The molecule has 0 saturated heterocycles. The normalized spacial score (nSPS) is 11.4. The summed E-state index contributed by atoms with van der Waals surface area (Å²) in [5.41, 5.74) is 5.48. The second-order valence-electron chi connectivity index (χ2n) is 4.66. The van der Waals surface area contributed by atoms with Crippen LogP contribution in [0.4, 0.5) is 10.1 Å². The van der Waals surface area contributed by atoms with Crippen molar-refractivity contribution in [3.8, 4) is 0 Å². The van der Waals surface area contributed by atoms with Gasteiger partial charge in [-0.3, -0.25) is 4.79 Å². The minimum atomic E-state index is -0.544. The smallest absolute Gasteiger partial charge is 0.224 e. The van der Waals surface area contributed by atoms with Gasteiger partial charge in [0.15, 0.2) is 0 Å². The van der Waals surface area contributed by atoms with Crippen molar-refractivity contribution < 1.29 is 9.18 Å². The highest BCUT2D eigenvalue weighted by Crippen LogP contribution is 2.19. The van der Waals surface area contributed by atoms with E-state index in [4.69, 9.17) is 17.3 Å². The summed E-state index contributed by atoms with van der Waals surface area (Å²) in [7, 11) is 0. The highest BCUT2D eigenvalue weighted by Gasteiger charge is 2.14. The van der Waals surface area contributed by atoms with Gasteiger partial charge in [0.05, 0.1) is 5.69 Å². The van der Waals surface area contributed by atoms with E-state index in [2.05, 4.69) is 5.32 Å². The predicted molar refractivity (Wildman–Crippen MR) is 67.5 cm³/mol. The first-order valence-electron chi connectivity index (χ1n) is 5.32. The summed E-state index contributed by atoms with van der Waals surface area (Å²) in [5.74, 6) is -0.803. The van der Waals surface area contributed by atoms with Gasteiger partial charge < -0.3 is 11.1 Å². The molecular formula is C12H16ClFN2O. The minimum Gasteiger partial charge on any atom is -0.326 e. The number of hydrogen-bond acceptors (Lipinski definition) is 2. The maximum atomic E-state index is 13.4. The summed E-state index contributed by atoms with van der Waals surface area (Å²) in [6.45, 7) is 3.67. The SMILES string of the molecule is CC(C)(N)CCC(=O)Nc1ccc(Cl)cc1F. The lowest BCUT2D eigenvalue weighted by molar-refractivity contribution is -0.116. The number of nitrogens with one attached hydrogen (secondary N) is 1. The number of anilines is 1. The Labute approximate surface area is 105 Å². The molecule has 0 heterocycles. The molecule has 5 heteroatoms. The average molecular weight is 259 g/mol. The maximum Gasteiger partial charge on any atom is 0.224 e. The molecule has 3 nitrogen and oxygen atoms in total. The molecule has 0 unspecified atom stereocenters. The molecule has 0 aliphatic heterocycles. The number of carbonyl (C=O) groups excluding carboxylic acids is 1. The van der Waals surface area contributed by atoms with Gasteiger partial charge >= 0.3 is 0 Å². The quantitative estimate of drug-likeness (QED) is 0.872. The van der Waals surface area contributed by atoms with Gasteiger partial charge in [0.2, 0.25) is 5.91 Å². The minimum absolute atomic E-state index is 0.134. The third-order valence-corrected chi connectivity index (χ3v) is 2.44. The first kappa shape index (κ1) is 13.9. The average Bonchev–Trinajstić information content (AvgIpc) is 2.18. The van der Waals surface area contributed by atoms with Gasteiger partial charge in [-0.15, -0.1) is 0 Å². The van der Waals surface area contributed by atoms with Crippen LogP contribution in [0.15, 0.2) is 18.2 Å². The largest absolute Gasteiger partial charge is 0.326 e. The first-order valence-corrected chi connectivity index (χ1v) is 5.69. The van der Waals surface area contributed by atoms with Gasteiger partial charge in [0.25, 0.3) is 0 Å². The van der Waals surface area contributed by atoms with Crippen LogP contribution in [0.2, 0.25) is 5.02 Å². The third-order valence-electron chi connectivity index (χ3n) is 2.20. The van der Waals surface area contributed by atoms with Crippen molar-refractivity contribution in [2.45, 2.75) is 32.2 Å². The van der Waals surface area contributed by atoms with Crippen LogP contribution in [0.5, 0.6) is 0 Å². The topological polar surface area (TPSA) is 55.1 Å². The first-order chi connectivity index (χ1) is 7.78. The highest BCUT2D eigenvalue weighted by molar-refractivity contribution is 6.30. The second-order valence-corrected chi connectivity index (χ2v) is 5.10. The zero-order valence-corrected chi connectivity index (χ0v) is 10.6. The molecule has 1 amide bonds. The Morgan fingerprint density at radius 1 is 1.53 bits per heavy atom. The maximum absolute atomic E-state index is 13.4. The number of hydrogen-bond donors (Lipinski definition) is 2. The summed E-state index contributed by atoms with van der Waals surface area (Å²) in [4.78, 5) is 11.5. The molecule has 0 aliphatic carbocycles. The molecule has 1 rings (SSSR count). The van der Waals surface area contributed by atoms with E-state index in [0.29, 0.717) is 11.4 Å². The molecule has 3 N–H and O–H groups in total. The Kier molecular flexibility index (Phi) is 4.48. The van der Waals surface area contributed by atoms with Gasteiger partial charge in [-0.1, -0.05) is 11.6 Å². The van der Waals surface area contributed by atoms with Crippen LogP contribution >= 0.6 is 11.6 Å². The molecule has 0 aromatic heterocycles. The van der Waals surface area contributed by atoms with E-state index in [0.717, 1.165) is 6.07 Å². The van der Waals surface area contributed by atoms with Crippen molar-refractivity contribution in [2.24, 2.45) is 5.73 Å². The zero-order chi connectivity index (χ0) is 13.1. The van der Waals surface area contributed by atoms with E-state index < -0.39 is 11.4 Å². The molecule has 17 heavy (non-hydrogen) atoms.